The Labute approximate surface area is 229 Å². The fourth-order valence-corrected chi connectivity index (χ4v) is 6.17. The second kappa shape index (κ2) is 10.6. The summed E-state index contributed by atoms with van der Waals surface area (Å²) in [5.41, 5.74) is 3.88. The number of carbonyl (C=O) groups excluding carboxylic acids is 2. The first-order valence-corrected chi connectivity index (χ1v) is 13.7. The molecule has 9 heteroatoms. The fourth-order valence-electron chi connectivity index (χ4n) is 5.03. The number of nitrogens with zero attached hydrogens (tertiary/aromatic N) is 3. The Kier molecular flexibility index (Phi) is 6.85. The Balaban J connectivity index is 1.29. The molecule has 0 radical (unpaired) electrons. The van der Waals surface area contributed by atoms with E-state index in [0.29, 0.717) is 42.3 Å². The van der Waals surface area contributed by atoms with Gasteiger partial charge in [0.25, 0.3) is 11.8 Å². The molecule has 1 fully saturated rings. The highest BCUT2D eigenvalue weighted by Gasteiger charge is 2.28. The molecule has 0 aliphatic carbocycles. The third kappa shape index (κ3) is 4.91. The lowest BCUT2D eigenvalue weighted by Gasteiger charge is -2.28. The molecule has 1 saturated heterocycles. The van der Waals surface area contributed by atoms with Gasteiger partial charge in [-0.25, -0.2) is 9.37 Å². The quantitative estimate of drug-likeness (QED) is 0.366. The van der Waals surface area contributed by atoms with Crippen molar-refractivity contribution in [2.45, 2.75) is 13.3 Å². The molecule has 4 aromatic rings. The Morgan fingerprint density at radius 1 is 1.00 bits per heavy atom. The predicted molar refractivity (Wildman–Crippen MR) is 151 cm³/mol. The van der Waals surface area contributed by atoms with Crippen LogP contribution in [-0.4, -0.2) is 49.6 Å². The first-order valence-electron chi connectivity index (χ1n) is 12.9. The number of para-hydroxylation sites is 2. The normalized spacial score (nSPS) is 14.8. The summed E-state index contributed by atoms with van der Waals surface area (Å²) in [6.45, 7) is 4.96. The molecule has 0 spiro atoms. The van der Waals surface area contributed by atoms with Gasteiger partial charge in [0.1, 0.15) is 17.3 Å². The van der Waals surface area contributed by atoms with E-state index in [9.17, 15) is 14.0 Å². The van der Waals surface area contributed by atoms with Gasteiger partial charge in [-0.3, -0.25) is 9.59 Å². The van der Waals surface area contributed by atoms with Gasteiger partial charge in [-0.1, -0.05) is 36.4 Å². The lowest BCUT2D eigenvalue weighted by molar-refractivity contribution is 0.0981. The standard InChI is InChI=1S/C30H27FN4O3S/c1-19-6-4-8-22(31)27(19)33-29(36)25-18-20-12-13-35(24-10-3-2-7-21(24)28(20)39-25)30(37)23-9-5-11-26(32-23)34-14-16-38-17-15-34/h2-11,18H,12-17H2,1H3,(H,33,36). The first kappa shape index (κ1) is 25.2. The number of nitrogens with one attached hydrogen (secondary N) is 1. The average Bonchev–Trinajstić information content (AvgIpc) is 3.33. The molecular formula is C30H27FN4O3S. The topological polar surface area (TPSA) is 74.8 Å². The average molecular weight is 543 g/mol. The maximum Gasteiger partial charge on any atom is 0.276 e. The molecule has 39 heavy (non-hydrogen) atoms. The van der Waals surface area contributed by atoms with Crippen LogP contribution in [0.4, 0.5) is 21.6 Å². The Morgan fingerprint density at radius 3 is 2.62 bits per heavy atom. The number of rotatable bonds is 4. The minimum Gasteiger partial charge on any atom is -0.378 e. The third-order valence-corrected chi connectivity index (χ3v) is 8.28. The van der Waals surface area contributed by atoms with E-state index in [1.54, 1.807) is 30.0 Å². The number of anilines is 3. The number of ether oxygens (including phenoxy) is 1. The van der Waals surface area contributed by atoms with Gasteiger partial charge in [-0.05, 0) is 54.8 Å². The van der Waals surface area contributed by atoms with Crippen LogP contribution < -0.4 is 15.1 Å². The van der Waals surface area contributed by atoms with E-state index in [1.807, 2.05) is 42.5 Å². The van der Waals surface area contributed by atoms with Gasteiger partial charge >= 0.3 is 0 Å². The molecule has 6 rings (SSSR count). The molecule has 0 atom stereocenters. The number of aryl methyl sites for hydroxylation is 1. The van der Waals surface area contributed by atoms with Crippen molar-refractivity contribution in [2.24, 2.45) is 0 Å². The molecular weight excluding hydrogens is 515 g/mol. The van der Waals surface area contributed by atoms with Gasteiger partial charge in [0.15, 0.2) is 0 Å². The monoisotopic (exact) mass is 542 g/mol. The van der Waals surface area contributed by atoms with Gasteiger partial charge in [-0.2, -0.15) is 0 Å². The molecule has 2 aromatic heterocycles. The zero-order chi connectivity index (χ0) is 26.9. The number of benzene rings is 2. The molecule has 0 unspecified atom stereocenters. The van der Waals surface area contributed by atoms with E-state index < -0.39 is 5.82 Å². The van der Waals surface area contributed by atoms with Crippen LogP contribution in [0.1, 0.15) is 31.3 Å². The van der Waals surface area contributed by atoms with Crippen LogP contribution in [0.5, 0.6) is 0 Å². The highest BCUT2D eigenvalue weighted by molar-refractivity contribution is 7.17. The Bertz CT molecular complexity index is 1540. The molecule has 0 bridgehead atoms. The highest BCUT2D eigenvalue weighted by Crippen LogP contribution is 2.42. The Hall–Kier alpha value is -4.08. The van der Waals surface area contributed by atoms with E-state index in [-0.39, 0.29) is 17.5 Å². The molecule has 0 saturated carbocycles. The van der Waals surface area contributed by atoms with Gasteiger partial charge in [0.2, 0.25) is 0 Å². The first-order chi connectivity index (χ1) is 19.0. The molecule has 2 aliphatic heterocycles. The number of amides is 2. The summed E-state index contributed by atoms with van der Waals surface area (Å²) >= 11 is 1.35. The van der Waals surface area contributed by atoms with E-state index in [4.69, 9.17) is 9.72 Å². The summed E-state index contributed by atoms with van der Waals surface area (Å²) in [6, 6.07) is 19.8. The van der Waals surface area contributed by atoms with Crippen molar-refractivity contribution in [1.82, 2.24) is 4.98 Å². The van der Waals surface area contributed by atoms with Gasteiger partial charge in [0.05, 0.1) is 29.5 Å². The number of carbonyl (C=O) groups is 2. The van der Waals surface area contributed by atoms with Crippen LogP contribution in [0.2, 0.25) is 0 Å². The maximum atomic E-state index is 14.3. The largest absolute Gasteiger partial charge is 0.378 e. The van der Waals surface area contributed by atoms with Crippen molar-refractivity contribution >= 4 is 40.3 Å². The summed E-state index contributed by atoms with van der Waals surface area (Å²) in [5.74, 6) is -0.212. The van der Waals surface area contributed by atoms with Gasteiger partial charge < -0.3 is 19.9 Å². The molecule has 2 aromatic carbocycles. The summed E-state index contributed by atoms with van der Waals surface area (Å²) < 4.78 is 19.8. The van der Waals surface area contributed by atoms with Crippen molar-refractivity contribution in [3.05, 3.63) is 94.2 Å². The fraction of sp³-hybridized carbons (Fsp3) is 0.233. The van der Waals surface area contributed by atoms with E-state index >= 15 is 0 Å². The minimum absolute atomic E-state index is 0.166. The van der Waals surface area contributed by atoms with Crippen LogP contribution >= 0.6 is 11.3 Å². The number of aromatic nitrogens is 1. The van der Waals surface area contributed by atoms with Crippen molar-refractivity contribution in [3.8, 4) is 10.4 Å². The number of thiophene rings is 1. The SMILES string of the molecule is Cc1cccc(F)c1NC(=O)c1cc2c(s1)-c1ccccc1N(C(=O)c1cccc(N3CCOCC3)n1)CC2. The Morgan fingerprint density at radius 2 is 1.79 bits per heavy atom. The van der Waals surface area contributed by atoms with Crippen LogP contribution in [0.25, 0.3) is 10.4 Å². The second-order valence-electron chi connectivity index (χ2n) is 9.56. The van der Waals surface area contributed by atoms with E-state index in [0.717, 1.165) is 40.6 Å². The van der Waals surface area contributed by atoms with Crippen molar-refractivity contribution < 1.29 is 18.7 Å². The highest BCUT2D eigenvalue weighted by atomic mass is 32.1. The lowest BCUT2D eigenvalue weighted by atomic mass is 10.1. The zero-order valence-electron chi connectivity index (χ0n) is 21.4. The van der Waals surface area contributed by atoms with Crippen LogP contribution in [0.3, 0.4) is 0 Å². The number of fused-ring (bicyclic) bond motifs is 3. The summed E-state index contributed by atoms with van der Waals surface area (Å²) in [4.78, 5) is 36.9. The zero-order valence-corrected chi connectivity index (χ0v) is 22.3. The predicted octanol–water partition coefficient (Wildman–Crippen LogP) is 5.55. The molecule has 198 valence electrons. The molecule has 2 amide bonds. The molecule has 7 nitrogen and oxygen atoms in total. The molecule has 2 aliphatic rings. The van der Waals surface area contributed by atoms with Crippen LogP contribution in [0.15, 0.2) is 66.7 Å². The van der Waals surface area contributed by atoms with E-state index in [2.05, 4.69) is 10.2 Å². The molecule has 4 heterocycles. The van der Waals surface area contributed by atoms with Gasteiger partial charge in [0, 0.05) is 30.1 Å². The maximum absolute atomic E-state index is 14.3. The summed E-state index contributed by atoms with van der Waals surface area (Å²) in [7, 11) is 0. The van der Waals surface area contributed by atoms with Crippen molar-refractivity contribution in [2.75, 3.05) is 48.0 Å². The third-order valence-electron chi connectivity index (χ3n) is 7.07. The number of halogens is 1. The minimum atomic E-state index is -0.465. The van der Waals surface area contributed by atoms with Gasteiger partial charge in [-0.15, -0.1) is 11.3 Å². The smallest absolute Gasteiger partial charge is 0.276 e. The van der Waals surface area contributed by atoms with Crippen molar-refractivity contribution in [3.63, 3.8) is 0 Å². The summed E-state index contributed by atoms with van der Waals surface area (Å²) in [5, 5.41) is 2.74. The van der Waals surface area contributed by atoms with E-state index in [1.165, 1.54) is 17.4 Å². The number of hydrogen-bond donors (Lipinski definition) is 1. The number of hydrogen-bond acceptors (Lipinski definition) is 6. The number of morpholine rings is 1. The molecule has 1 N–H and O–H groups in total. The summed E-state index contributed by atoms with van der Waals surface area (Å²) in [6.07, 6.45) is 0.571. The second-order valence-corrected chi connectivity index (χ2v) is 10.6. The number of pyridine rings is 1. The van der Waals surface area contributed by atoms with Crippen LogP contribution in [-0.2, 0) is 11.2 Å². The van der Waals surface area contributed by atoms with Crippen molar-refractivity contribution in [1.29, 1.82) is 0 Å². The lowest BCUT2D eigenvalue weighted by Crippen LogP contribution is -2.37. The van der Waals surface area contributed by atoms with Crippen LogP contribution in [0, 0.1) is 12.7 Å².